The molecule has 6 nitrogen and oxygen atoms in total. The molecule has 110 valence electrons. The number of piperidine rings is 1. The second-order valence-corrected chi connectivity index (χ2v) is 4.82. The Morgan fingerprint density at radius 3 is 2.57 bits per heavy atom. The van der Waals surface area contributed by atoms with E-state index in [1.165, 1.54) is 6.08 Å². The molecule has 2 rings (SSSR count). The zero-order valence-electron chi connectivity index (χ0n) is 11.3. The summed E-state index contributed by atoms with van der Waals surface area (Å²) in [6.45, 7) is 0.365. The predicted molar refractivity (Wildman–Crippen MR) is 77.5 cm³/mol. The van der Waals surface area contributed by atoms with E-state index in [4.69, 9.17) is 5.11 Å². The fourth-order valence-corrected chi connectivity index (χ4v) is 2.05. The van der Waals surface area contributed by atoms with Crippen LogP contribution in [0.5, 0.6) is 0 Å². The van der Waals surface area contributed by atoms with Gasteiger partial charge in [-0.1, -0.05) is 12.1 Å². The van der Waals surface area contributed by atoms with Crippen LogP contribution in [0.2, 0.25) is 0 Å². The quantitative estimate of drug-likeness (QED) is 0.727. The summed E-state index contributed by atoms with van der Waals surface area (Å²) in [5.41, 5.74) is 1.38. The van der Waals surface area contributed by atoms with Gasteiger partial charge in [-0.05, 0) is 30.2 Å². The number of hydrogen-bond donors (Lipinski definition) is 3. The molecule has 0 bridgehead atoms. The fraction of sp³-hybridized carbons (Fsp3) is 0.267. The normalized spacial score (nSPS) is 18.3. The Kier molecular flexibility index (Phi) is 4.71. The van der Waals surface area contributed by atoms with E-state index in [0.29, 0.717) is 25.1 Å². The van der Waals surface area contributed by atoms with E-state index in [-0.39, 0.29) is 17.7 Å². The van der Waals surface area contributed by atoms with E-state index in [1.54, 1.807) is 24.3 Å². The summed E-state index contributed by atoms with van der Waals surface area (Å²) < 4.78 is 0. The van der Waals surface area contributed by atoms with Gasteiger partial charge in [0.25, 0.3) is 0 Å². The second-order valence-electron chi connectivity index (χ2n) is 4.82. The van der Waals surface area contributed by atoms with Gasteiger partial charge in [-0.2, -0.15) is 0 Å². The maximum Gasteiger partial charge on any atom is 0.328 e. The average molecular weight is 288 g/mol. The van der Waals surface area contributed by atoms with E-state index in [0.717, 1.165) is 11.6 Å². The van der Waals surface area contributed by atoms with Gasteiger partial charge in [-0.25, -0.2) is 4.79 Å². The zero-order valence-corrected chi connectivity index (χ0v) is 11.3. The third-order valence-corrected chi connectivity index (χ3v) is 3.23. The lowest BCUT2D eigenvalue weighted by Gasteiger charge is -2.21. The van der Waals surface area contributed by atoms with Crippen LogP contribution in [0.1, 0.15) is 18.4 Å². The maximum atomic E-state index is 12.0. The number of amides is 2. The maximum absolute atomic E-state index is 12.0. The smallest absolute Gasteiger partial charge is 0.328 e. The van der Waals surface area contributed by atoms with Crippen molar-refractivity contribution in [1.82, 2.24) is 5.32 Å². The Hall–Kier alpha value is -2.63. The third-order valence-electron chi connectivity index (χ3n) is 3.23. The Bertz CT molecular complexity index is 568. The predicted octanol–water partition coefficient (Wildman–Crippen LogP) is 1.25. The van der Waals surface area contributed by atoms with Crippen molar-refractivity contribution in [2.75, 3.05) is 11.9 Å². The summed E-state index contributed by atoms with van der Waals surface area (Å²) in [7, 11) is 0. The number of hydrogen-bond acceptors (Lipinski definition) is 3. The molecule has 1 heterocycles. The first kappa shape index (κ1) is 14.8. The van der Waals surface area contributed by atoms with Crippen LogP contribution in [0.15, 0.2) is 30.3 Å². The second kappa shape index (κ2) is 6.69. The highest BCUT2D eigenvalue weighted by Crippen LogP contribution is 2.16. The number of benzene rings is 1. The van der Waals surface area contributed by atoms with Crippen molar-refractivity contribution in [2.24, 2.45) is 5.92 Å². The van der Waals surface area contributed by atoms with E-state index in [2.05, 4.69) is 10.6 Å². The van der Waals surface area contributed by atoms with Crippen molar-refractivity contribution >= 4 is 29.5 Å². The molecule has 1 unspecified atom stereocenters. The van der Waals surface area contributed by atoms with Gasteiger partial charge in [0.1, 0.15) is 0 Å². The summed E-state index contributed by atoms with van der Waals surface area (Å²) in [6, 6.07) is 6.86. The van der Waals surface area contributed by atoms with Crippen molar-refractivity contribution in [2.45, 2.75) is 12.8 Å². The third kappa shape index (κ3) is 4.45. The van der Waals surface area contributed by atoms with Crippen LogP contribution in [-0.2, 0) is 14.4 Å². The largest absolute Gasteiger partial charge is 0.478 e. The number of nitrogens with one attached hydrogen (secondary N) is 2. The van der Waals surface area contributed by atoms with Crippen molar-refractivity contribution in [3.05, 3.63) is 35.9 Å². The molecular weight excluding hydrogens is 272 g/mol. The summed E-state index contributed by atoms with van der Waals surface area (Å²) >= 11 is 0. The highest BCUT2D eigenvalue weighted by atomic mass is 16.4. The molecule has 6 heteroatoms. The molecule has 1 aliphatic rings. The van der Waals surface area contributed by atoms with Crippen LogP contribution < -0.4 is 10.6 Å². The molecule has 3 N–H and O–H groups in total. The molecule has 0 aliphatic carbocycles. The first-order valence-electron chi connectivity index (χ1n) is 6.63. The molecule has 1 aromatic carbocycles. The minimum atomic E-state index is -1.01. The highest BCUT2D eigenvalue weighted by molar-refractivity contribution is 5.94. The van der Waals surface area contributed by atoms with Crippen LogP contribution >= 0.6 is 0 Å². The first-order valence-corrected chi connectivity index (χ1v) is 6.63. The van der Waals surface area contributed by atoms with Crippen LogP contribution in [0.25, 0.3) is 6.08 Å². The molecular formula is C15H16N2O4. The number of rotatable bonds is 4. The van der Waals surface area contributed by atoms with Gasteiger partial charge in [-0.3, -0.25) is 9.59 Å². The molecule has 1 fully saturated rings. The molecule has 0 aromatic heterocycles. The molecule has 21 heavy (non-hydrogen) atoms. The van der Waals surface area contributed by atoms with Gasteiger partial charge in [0, 0.05) is 24.7 Å². The van der Waals surface area contributed by atoms with Crippen molar-refractivity contribution in [3.63, 3.8) is 0 Å². The Morgan fingerprint density at radius 2 is 2.00 bits per heavy atom. The van der Waals surface area contributed by atoms with E-state index in [1.807, 2.05) is 0 Å². The average Bonchev–Trinajstić information content (AvgIpc) is 2.47. The van der Waals surface area contributed by atoms with Gasteiger partial charge in [-0.15, -0.1) is 0 Å². The molecule has 1 atom stereocenters. The number of carbonyl (C=O) groups excluding carboxylic acids is 2. The van der Waals surface area contributed by atoms with Crippen LogP contribution in [-0.4, -0.2) is 29.4 Å². The van der Waals surface area contributed by atoms with Crippen LogP contribution in [0.3, 0.4) is 0 Å². The molecule has 0 radical (unpaired) electrons. The van der Waals surface area contributed by atoms with Crippen molar-refractivity contribution in [1.29, 1.82) is 0 Å². The molecule has 2 amide bonds. The lowest BCUT2D eigenvalue weighted by molar-refractivity contribution is -0.131. The van der Waals surface area contributed by atoms with Crippen molar-refractivity contribution < 1.29 is 19.5 Å². The van der Waals surface area contributed by atoms with Gasteiger partial charge in [0.15, 0.2) is 0 Å². The summed E-state index contributed by atoms with van der Waals surface area (Å²) in [6.07, 6.45) is 3.46. The zero-order chi connectivity index (χ0) is 15.2. The molecule has 0 spiro atoms. The number of aliphatic carboxylic acids is 1. The van der Waals surface area contributed by atoms with E-state index in [9.17, 15) is 14.4 Å². The number of carboxylic acid groups (broad SMARTS) is 1. The minimum Gasteiger partial charge on any atom is -0.478 e. The highest BCUT2D eigenvalue weighted by Gasteiger charge is 2.24. The topological polar surface area (TPSA) is 95.5 Å². The number of anilines is 1. The minimum absolute atomic E-state index is 0.0198. The standard InChI is InChI=1S/C15H16N2O4/c18-13-7-4-11(9-16-13)15(21)17-12-5-1-10(2-6-12)3-8-14(19)20/h1-3,5-6,8,11H,4,7,9H2,(H,16,18)(H,17,21)(H,19,20)/b8-3+. The van der Waals surface area contributed by atoms with Gasteiger partial charge in [0.2, 0.25) is 11.8 Å². The van der Waals surface area contributed by atoms with Gasteiger partial charge >= 0.3 is 5.97 Å². The van der Waals surface area contributed by atoms with Crippen LogP contribution in [0.4, 0.5) is 5.69 Å². The monoisotopic (exact) mass is 288 g/mol. The Labute approximate surface area is 121 Å². The van der Waals surface area contributed by atoms with E-state index < -0.39 is 5.97 Å². The summed E-state index contributed by atoms with van der Waals surface area (Å²) in [5.74, 6) is -1.36. The Balaban J connectivity index is 1.92. The molecule has 1 aliphatic heterocycles. The SMILES string of the molecule is O=C(O)/C=C/c1ccc(NC(=O)C2CCC(=O)NC2)cc1. The molecule has 1 aromatic rings. The molecule has 0 saturated carbocycles. The van der Waals surface area contributed by atoms with Gasteiger partial charge < -0.3 is 15.7 Å². The van der Waals surface area contributed by atoms with Crippen LogP contribution in [0, 0.1) is 5.92 Å². The fourth-order valence-electron chi connectivity index (χ4n) is 2.05. The lowest BCUT2D eigenvalue weighted by Crippen LogP contribution is -2.40. The first-order chi connectivity index (χ1) is 10.0. The van der Waals surface area contributed by atoms with Gasteiger partial charge in [0.05, 0.1) is 5.92 Å². The summed E-state index contributed by atoms with van der Waals surface area (Å²) in [4.78, 5) is 33.5. The summed E-state index contributed by atoms with van der Waals surface area (Å²) in [5, 5.41) is 14.0. The van der Waals surface area contributed by atoms with E-state index >= 15 is 0 Å². The Morgan fingerprint density at radius 1 is 1.29 bits per heavy atom. The number of carboxylic acids is 1. The molecule has 1 saturated heterocycles. The number of carbonyl (C=O) groups is 3. The van der Waals surface area contributed by atoms with Crippen molar-refractivity contribution in [3.8, 4) is 0 Å². The lowest BCUT2D eigenvalue weighted by atomic mass is 9.98.